The molecule has 2 aromatic rings. The van der Waals surface area contributed by atoms with Gasteiger partial charge in [-0.2, -0.15) is 0 Å². The van der Waals surface area contributed by atoms with E-state index >= 15 is 0 Å². The fourth-order valence-corrected chi connectivity index (χ4v) is 2.15. The minimum atomic E-state index is -0.974. The van der Waals surface area contributed by atoms with Crippen LogP contribution >= 0.6 is 11.6 Å². The van der Waals surface area contributed by atoms with Crippen LogP contribution in [0, 0.1) is 0 Å². The Morgan fingerprint density at radius 3 is 2.48 bits per heavy atom. The first-order valence-electron chi connectivity index (χ1n) is 6.19. The summed E-state index contributed by atoms with van der Waals surface area (Å²) >= 11 is 5.93. The van der Waals surface area contributed by atoms with E-state index < -0.39 is 5.97 Å². The lowest BCUT2D eigenvalue weighted by molar-refractivity contribution is -0.135. The van der Waals surface area contributed by atoms with E-state index in [-0.39, 0.29) is 24.6 Å². The molecule has 0 saturated carbocycles. The Morgan fingerprint density at radius 1 is 1.10 bits per heavy atom. The van der Waals surface area contributed by atoms with Crippen molar-refractivity contribution in [1.29, 1.82) is 0 Å². The van der Waals surface area contributed by atoms with Gasteiger partial charge in [0.2, 0.25) is 0 Å². The molecule has 2 rings (SSSR count). The summed E-state index contributed by atoms with van der Waals surface area (Å²) in [6.07, 6.45) is 0. The van der Waals surface area contributed by atoms with Gasteiger partial charge in [0, 0.05) is 17.3 Å². The van der Waals surface area contributed by atoms with Gasteiger partial charge in [-0.1, -0.05) is 23.7 Å². The van der Waals surface area contributed by atoms with Crippen molar-refractivity contribution in [2.45, 2.75) is 6.54 Å². The van der Waals surface area contributed by atoms with Crippen LogP contribution in [0.5, 0.6) is 11.5 Å². The first-order valence-corrected chi connectivity index (χ1v) is 6.56. The van der Waals surface area contributed by atoms with Gasteiger partial charge in [-0.05, 0) is 35.9 Å². The van der Waals surface area contributed by atoms with Gasteiger partial charge in [0.05, 0.1) is 0 Å². The predicted molar refractivity (Wildman–Crippen MR) is 79.9 cm³/mol. The molecule has 3 N–H and O–H groups in total. The minimum Gasteiger partial charge on any atom is -0.504 e. The van der Waals surface area contributed by atoms with Gasteiger partial charge in [-0.15, -0.1) is 0 Å². The number of carboxylic acids is 1. The number of aliphatic carboxylic acids is 1. The van der Waals surface area contributed by atoms with Crippen molar-refractivity contribution in [3.63, 3.8) is 0 Å². The van der Waals surface area contributed by atoms with Crippen LogP contribution in [0.4, 0.5) is 5.69 Å². The van der Waals surface area contributed by atoms with Gasteiger partial charge in [0.25, 0.3) is 0 Å². The molecule has 5 nitrogen and oxygen atoms in total. The maximum atomic E-state index is 11.0. The second-order valence-electron chi connectivity index (χ2n) is 4.55. The summed E-state index contributed by atoms with van der Waals surface area (Å²) in [5.74, 6) is -1.43. The lowest BCUT2D eigenvalue weighted by Crippen LogP contribution is -2.29. The van der Waals surface area contributed by atoms with E-state index in [2.05, 4.69) is 0 Å². The average Bonchev–Trinajstić information content (AvgIpc) is 2.42. The van der Waals surface area contributed by atoms with E-state index in [9.17, 15) is 15.0 Å². The van der Waals surface area contributed by atoms with E-state index in [1.807, 2.05) is 0 Å². The molecule has 0 radical (unpaired) electrons. The molecule has 0 saturated heterocycles. The number of carboxylic acid groups (broad SMARTS) is 1. The Bertz CT molecular complexity index is 660. The third-order valence-corrected chi connectivity index (χ3v) is 3.15. The molecule has 21 heavy (non-hydrogen) atoms. The highest BCUT2D eigenvalue weighted by Crippen LogP contribution is 2.27. The second-order valence-corrected chi connectivity index (χ2v) is 4.99. The van der Waals surface area contributed by atoms with Gasteiger partial charge >= 0.3 is 5.97 Å². The van der Waals surface area contributed by atoms with E-state index in [0.717, 1.165) is 0 Å². The zero-order chi connectivity index (χ0) is 15.4. The molecule has 0 bridgehead atoms. The average molecular weight is 308 g/mol. The summed E-state index contributed by atoms with van der Waals surface area (Å²) in [5.41, 5.74) is 1.34. The normalized spacial score (nSPS) is 10.3. The number of nitrogens with zero attached hydrogens (tertiary/aromatic N) is 1. The van der Waals surface area contributed by atoms with Crippen molar-refractivity contribution < 1.29 is 20.1 Å². The molecular formula is C15H14ClNO4. The molecule has 0 aliphatic rings. The largest absolute Gasteiger partial charge is 0.504 e. The monoisotopic (exact) mass is 307 g/mol. The number of anilines is 1. The second kappa shape index (κ2) is 6.37. The van der Waals surface area contributed by atoms with Crippen molar-refractivity contribution in [1.82, 2.24) is 0 Å². The summed E-state index contributed by atoms with van der Waals surface area (Å²) < 4.78 is 0. The van der Waals surface area contributed by atoms with Gasteiger partial charge in [0.15, 0.2) is 11.5 Å². The zero-order valence-corrected chi connectivity index (χ0v) is 11.8. The van der Waals surface area contributed by atoms with Gasteiger partial charge in [-0.25, -0.2) is 0 Å². The zero-order valence-electron chi connectivity index (χ0n) is 11.0. The smallest absolute Gasteiger partial charge is 0.323 e. The molecule has 0 atom stereocenters. The number of hydrogen-bond donors (Lipinski definition) is 3. The van der Waals surface area contributed by atoms with Crippen LogP contribution in [0.3, 0.4) is 0 Å². The molecule has 0 amide bonds. The topological polar surface area (TPSA) is 81.0 Å². The van der Waals surface area contributed by atoms with E-state index in [4.69, 9.17) is 16.7 Å². The molecule has 0 heterocycles. The van der Waals surface area contributed by atoms with E-state index in [1.54, 1.807) is 35.2 Å². The number of hydrogen-bond acceptors (Lipinski definition) is 4. The summed E-state index contributed by atoms with van der Waals surface area (Å²) in [5, 5.41) is 28.3. The van der Waals surface area contributed by atoms with Crippen LogP contribution in [0.2, 0.25) is 5.02 Å². The lowest BCUT2D eigenvalue weighted by atomic mass is 10.1. The van der Waals surface area contributed by atoms with Gasteiger partial charge in [0.1, 0.15) is 6.54 Å². The molecule has 0 fully saturated rings. The Morgan fingerprint density at radius 2 is 1.86 bits per heavy atom. The van der Waals surface area contributed by atoms with Crippen LogP contribution < -0.4 is 4.90 Å². The van der Waals surface area contributed by atoms with Crippen LogP contribution in [0.15, 0.2) is 42.5 Å². The molecule has 6 heteroatoms. The maximum Gasteiger partial charge on any atom is 0.323 e. The number of carbonyl (C=O) groups is 1. The fourth-order valence-electron chi connectivity index (χ4n) is 1.96. The number of benzene rings is 2. The van der Waals surface area contributed by atoms with Crippen molar-refractivity contribution in [3.8, 4) is 11.5 Å². The van der Waals surface area contributed by atoms with Gasteiger partial charge in [-0.3, -0.25) is 4.79 Å². The number of aromatic hydroxyl groups is 2. The maximum absolute atomic E-state index is 11.0. The highest BCUT2D eigenvalue weighted by molar-refractivity contribution is 6.30. The Kier molecular flexibility index (Phi) is 4.55. The van der Waals surface area contributed by atoms with E-state index in [1.165, 1.54) is 12.1 Å². The quantitative estimate of drug-likeness (QED) is 0.740. The van der Waals surface area contributed by atoms with Crippen molar-refractivity contribution >= 4 is 23.3 Å². The Labute approximate surface area is 126 Å². The highest BCUT2D eigenvalue weighted by atomic mass is 35.5. The van der Waals surface area contributed by atoms with Crippen LogP contribution in [0.25, 0.3) is 0 Å². The highest BCUT2D eigenvalue weighted by Gasteiger charge is 2.13. The van der Waals surface area contributed by atoms with E-state index in [0.29, 0.717) is 16.3 Å². The summed E-state index contributed by atoms with van der Waals surface area (Å²) in [4.78, 5) is 12.6. The molecule has 110 valence electrons. The molecule has 0 aromatic heterocycles. The molecule has 0 unspecified atom stereocenters. The first-order chi connectivity index (χ1) is 9.95. The third kappa shape index (κ3) is 4.03. The summed E-state index contributed by atoms with van der Waals surface area (Å²) in [7, 11) is 0. The van der Waals surface area contributed by atoms with Crippen molar-refractivity contribution in [2.75, 3.05) is 11.4 Å². The predicted octanol–water partition coefficient (Wildman–Crippen LogP) is 2.84. The molecule has 0 aliphatic heterocycles. The van der Waals surface area contributed by atoms with Crippen LogP contribution in [-0.2, 0) is 11.3 Å². The first kappa shape index (κ1) is 15.0. The SMILES string of the molecule is O=C(O)CN(Cc1ccc(O)c(O)c1)c1cccc(Cl)c1. The Hall–Kier alpha value is -2.40. The molecule has 0 aliphatic carbocycles. The molecule has 2 aromatic carbocycles. The van der Waals surface area contributed by atoms with Crippen LogP contribution in [0.1, 0.15) is 5.56 Å². The third-order valence-electron chi connectivity index (χ3n) is 2.91. The molecule has 0 spiro atoms. The van der Waals surface area contributed by atoms with Crippen molar-refractivity contribution in [3.05, 3.63) is 53.1 Å². The number of halogens is 1. The lowest BCUT2D eigenvalue weighted by Gasteiger charge is -2.23. The molecular weight excluding hydrogens is 294 g/mol. The number of phenolic OH excluding ortho intramolecular Hbond substituents is 2. The number of rotatable bonds is 5. The van der Waals surface area contributed by atoms with Gasteiger partial charge < -0.3 is 20.2 Å². The summed E-state index contributed by atoms with van der Waals surface area (Å²) in [6, 6.07) is 11.3. The minimum absolute atomic E-state index is 0.206. The number of phenols is 2. The Balaban J connectivity index is 2.27. The standard InChI is InChI=1S/C15H14ClNO4/c16-11-2-1-3-12(7-11)17(9-15(20)21)8-10-4-5-13(18)14(19)6-10/h1-7,18-19H,8-9H2,(H,20,21). The summed E-state index contributed by atoms with van der Waals surface area (Å²) in [6.45, 7) is 0.0580. The van der Waals surface area contributed by atoms with Crippen LogP contribution in [-0.4, -0.2) is 27.8 Å². The fraction of sp³-hybridized carbons (Fsp3) is 0.133. The van der Waals surface area contributed by atoms with Crippen molar-refractivity contribution in [2.24, 2.45) is 0 Å².